The molecule has 1 aromatic carbocycles. The largest absolute Gasteiger partial charge is 0.392 e. The summed E-state index contributed by atoms with van der Waals surface area (Å²) >= 11 is 5.26. The van der Waals surface area contributed by atoms with Gasteiger partial charge in [-0.05, 0) is 29.9 Å². The molecule has 1 rings (SSSR count). The van der Waals surface area contributed by atoms with Crippen LogP contribution in [-0.4, -0.2) is 10.9 Å². The molecule has 78 valence electrons. The molecule has 1 N–H and O–H groups in total. The molecule has 0 amide bonds. The van der Waals surface area contributed by atoms with Gasteiger partial charge >= 0.3 is 0 Å². The van der Waals surface area contributed by atoms with Crippen molar-refractivity contribution in [3.05, 3.63) is 28.2 Å². The van der Waals surface area contributed by atoms with Gasteiger partial charge in [-0.25, -0.2) is 0 Å². The zero-order valence-electron chi connectivity index (χ0n) is 8.29. The molecule has 0 bridgehead atoms. The number of aliphatic hydroxyl groups is 1. The number of aliphatic hydroxyl groups excluding tert-OH is 1. The van der Waals surface area contributed by atoms with Crippen molar-refractivity contribution < 1.29 is 5.11 Å². The van der Waals surface area contributed by atoms with E-state index in [9.17, 15) is 0 Å². The quantitative estimate of drug-likeness (QED) is 0.651. The third-order valence-corrected chi connectivity index (χ3v) is 3.63. The van der Waals surface area contributed by atoms with Gasteiger partial charge < -0.3 is 5.11 Å². The minimum atomic E-state index is 0.127. The summed E-state index contributed by atoms with van der Waals surface area (Å²) in [6, 6.07) is 6.01. The van der Waals surface area contributed by atoms with Gasteiger partial charge in [-0.1, -0.05) is 35.3 Å². The van der Waals surface area contributed by atoms with Gasteiger partial charge in [0.15, 0.2) is 0 Å². The first-order valence-electron chi connectivity index (χ1n) is 4.80. The van der Waals surface area contributed by atoms with Crippen molar-refractivity contribution in [1.29, 1.82) is 0 Å². The van der Waals surface area contributed by atoms with Gasteiger partial charge in [0, 0.05) is 9.37 Å². The standard InChI is InChI=1S/C11H15BrOS/c1-2-3-6-14-11-7-10(12)5-4-9(11)8-13/h4-5,7,13H,2-3,6,8H2,1H3. The van der Waals surface area contributed by atoms with E-state index in [0.29, 0.717) is 0 Å². The van der Waals surface area contributed by atoms with E-state index in [1.54, 1.807) is 0 Å². The Morgan fingerprint density at radius 2 is 2.21 bits per heavy atom. The smallest absolute Gasteiger partial charge is 0.0692 e. The molecule has 0 aliphatic rings. The van der Waals surface area contributed by atoms with Crippen LogP contribution in [0.15, 0.2) is 27.6 Å². The summed E-state index contributed by atoms with van der Waals surface area (Å²) in [6.45, 7) is 2.32. The van der Waals surface area contributed by atoms with E-state index in [-0.39, 0.29) is 6.61 Å². The zero-order valence-corrected chi connectivity index (χ0v) is 10.7. The second kappa shape index (κ2) is 6.49. The second-order valence-electron chi connectivity index (χ2n) is 3.11. The number of hydrogen-bond donors (Lipinski definition) is 1. The minimum Gasteiger partial charge on any atom is -0.392 e. The Bertz CT molecular complexity index is 289. The summed E-state index contributed by atoms with van der Waals surface area (Å²) in [5.41, 5.74) is 1.02. The van der Waals surface area contributed by atoms with Gasteiger partial charge in [-0.15, -0.1) is 11.8 Å². The predicted molar refractivity (Wildman–Crippen MR) is 65.7 cm³/mol. The molecule has 0 fully saturated rings. The van der Waals surface area contributed by atoms with E-state index >= 15 is 0 Å². The van der Waals surface area contributed by atoms with E-state index in [1.165, 1.54) is 17.7 Å². The van der Waals surface area contributed by atoms with Gasteiger partial charge in [-0.3, -0.25) is 0 Å². The highest BCUT2D eigenvalue weighted by molar-refractivity contribution is 9.10. The van der Waals surface area contributed by atoms with Gasteiger partial charge in [0.05, 0.1) is 6.61 Å². The summed E-state index contributed by atoms with van der Waals surface area (Å²) in [5.74, 6) is 1.12. The maximum Gasteiger partial charge on any atom is 0.0692 e. The van der Waals surface area contributed by atoms with Gasteiger partial charge in [0.2, 0.25) is 0 Å². The summed E-state index contributed by atoms with van der Waals surface area (Å²) < 4.78 is 1.08. The normalized spacial score (nSPS) is 10.5. The number of unbranched alkanes of at least 4 members (excludes halogenated alkanes) is 1. The fraction of sp³-hybridized carbons (Fsp3) is 0.455. The molecule has 0 saturated heterocycles. The van der Waals surface area contributed by atoms with Crippen LogP contribution in [0, 0.1) is 0 Å². The van der Waals surface area contributed by atoms with E-state index in [0.717, 1.165) is 15.8 Å². The Morgan fingerprint density at radius 1 is 1.43 bits per heavy atom. The van der Waals surface area contributed by atoms with Crippen LogP contribution < -0.4 is 0 Å². The number of rotatable bonds is 5. The maximum absolute atomic E-state index is 9.14. The monoisotopic (exact) mass is 274 g/mol. The first-order chi connectivity index (χ1) is 6.77. The van der Waals surface area contributed by atoms with Crippen LogP contribution in [-0.2, 0) is 6.61 Å². The zero-order chi connectivity index (χ0) is 10.4. The average Bonchev–Trinajstić information content (AvgIpc) is 2.19. The molecule has 0 saturated carbocycles. The molecule has 0 aromatic heterocycles. The van der Waals surface area contributed by atoms with Crippen molar-refractivity contribution >= 4 is 27.7 Å². The number of halogens is 1. The van der Waals surface area contributed by atoms with Crippen LogP contribution in [0.3, 0.4) is 0 Å². The lowest BCUT2D eigenvalue weighted by Crippen LogP contribution is -1.88. The molecule has 0 atom stereocenters. The number of hydrogen-bond acceptors (Lipinski definition) is 2. The molecule has 0 radical (unpaired) electrons. The Hall–Kier alpha value is 0.01000. The Labute approximate surface area is 98.0 Å². The molecular weight excluding hydrogens is 260 g/mol. The first-order valence-corrected chi connectivity index (χ1v) is 6.58. The average molecular weight is 275 g/mol. The molecule has 1 aromatic rings. The lowest BCUT2D eigenvalue weighted by molar-refractivity contribution is 0.279. The second-order valence-corrected chi connectivity index (χ2v) is 5.16. The highest BCUT2D eigenvalue weighted by atomic mass is 79.9. The summed E-state index contributed by atoms with van der Waals surface area (Å²) in [6.07, 6.45) is 2.44. The maximum atomic E-state index is 9.14. The molecule has 0 heterocycles. The van der Waals surface area contributed by atoms with Crippen LogP contribution in [0.4, 0.5) is 0 Å². The summed E-state index contributed by atoms with van der Waals surface area (Å²) in [5, 5.41) is 9.14. The van der Waals surface area contributed by atoms with Crippen molar-refractivity contribution in [3.8, 4) is 0 Å². The fourth-order valence-electron chi connectivity index (χ4n) is 1.12. The van der Waals surface area contributed by atoms with Crippen LogP contribution in [0.2, 0.25) is 0 Å². The Morgan fingerprint density at radius 3 is 2.86 bits per heavy atom. The van der Waals surface area contributed by atoms with E-state index in [2.05, 4.69) is 28.9 Å². The van der Waals surface area contributed by atoms with Crippen molar-refractivity contribution in [2.75, 3.05) is 5.75 Å². The van der Waals surface area contributed by atoms with Crippen LogP contribution in [0.1, 0.15) is 25.3 Å². The summed E-state index contributed by atoms with van der Waals surface area (Å²) in [4.78, 5) is 1.19. The van der Waals surface area contributed by atoms with Crippen molar-refractivity contribution in [2.45, 2.75) is 31.3 Å². The van der Waals surface area contributed by atoms with Crippen LogP contribution in [0.5, 0.6) is 0 Å². The van der Waals surface area contributed by atoms with Crippen LogP contribution in [0.25, 0.3) is 0 Å². The minimum absolute atomic E-state index is 0.127. The van der Waals surface area contributed by atoms with Gasteiger partial charge in [0.25, 0.3) is 0 Å². The highest BCUT2D eigenvalue weighted by Gasteiger charge is 2.02. The molecule has 0 unspecified atom stereocenters. The molecule has 0 spiro atoms. The number of benzene rings is 1. The van der Waals surface area contributed by atoms with Gasteiger partial charge in [0.1, 0.15) is 0 Å². The molecular formula is C11H15BrOS. The lowest BCUT2D eigenvalue weighted by atomic mass is 10.2. The van der Waals surface area contributed by atoms with E-state index < -0.39 is 0 Å². The van der Waals surface area contributed by atoms with E-state index in [1.807, 2.05) is 23.9 Å². The Balaban J connectivity index is 2.67. The van der Waals surface area contributed by atoms with Gasteiger partial charge in [-0.2, -0.15) is 0 Å². The van der Waals surface area contributed by atoms with Crippen LogP contribution >= 0.6 is 27.7 Å². The number of thioether (sulfide) groups is 1. The first kappa shape index (κ1) is 12.1. The molecule has 1 nitrogen and oxygen atoms in total. The molecule has 0 aliphatic carbocycles. The summed E-state index contributed by atoms with van der Waals surface area (Å²) in [7, 11) is 0. The SMILES string of the molecule is CCCCSc1cc(Br)ccc1CO. The third kappa shape index (κ3) is 3.64. The lowest BCUT2D eigenvalue weighted by Gasteiger charge is -2.06. The van der Waals surface area contributed by atoms with Crippen molar-refractivity contribution in [1.82, 2.24) is 0 Å². The Kier molecular flexibility index (Phi) is 5.60. The molecule has 3 heteroatoms. The highest BCUT2D eigenvalue weighted by Crippen LogP contribution is 2.27. The van der Waals surface area contributed by atoms with Crippen molar-refractivity contribution in [3.63, 3.8) is 0 Å². The molecule has 0 aliphatic heterocycles. The topological polar surface area (TPSA) is 20.2 Å². The fourth-order valence-corrected chi connectivity index (χ4v) is 2.81. The third-order valence-electron chi connectivity index (χ3n) is 1.96. The van der Waals surface area contributed by atoms with E-state index in [4.69, 9.17) is 5.11 Å². The van der Waals surface area contributed by atoms with Crippen molar-refractivity contribution in [2.24, 2.45) is 0 Å². The molecule has 14 heavy (non-hydrogen) atoms. The predicted octanol–water partition coefficient (Wildman–Crippen LogP) is 3.83.